The fourth-order valence-electron chi connectivity index (χ4n) is 3.78. The molecule has 0 atom stereocenters. The fraction of sp³-hybridized carbons (Fsp3) is 0.381. The third kappa shape index (κ3) is 4.28. The number of nitrogens with one attached hydrogen (secondary N) is 2. The molecule has 6 nitrogen and oxygen atoms in total. The average molecular weight is 425 g/mol. The van der Waals surface area contributed by atoms with Gasteiger partial charge in [0, 0.05) is 48.5 Å². The molecule has 1 saturated heterocycles. The van der Waals surface area contributed by atoms with Crippen LogP contribution >= 0.6 is 22.7 Å². The van der Waals surface area contributed by atoms with Crippen LogP contribution in [0.25, 0.3) is 11.4 Å². The molecule has 0 saturated carbocycles. The van der Waals surface area contributed by atoms with E-state index in [-0.39, 0.29) is 0 Å². The Balaban J connectivity index is 1.22. The van der Waals surface area contributed by atoms with E-state index >= 15 is 0 Å². The predicted octanol–water partition coefficient (Wildman–Crippen LogP) is 4.41. The normalized spacial score (nSPS) is 17.7. The van der Waals surface area contributed by atoms with Crippen LogP contribution in [-0.2, 0) is 0 Å². The molecular formula is C21H24N6S2. The summed E-state index contributed by atoms with van der Waals surface area (Å²) in [7, 11) is 0. The van der Waals surface area contributed by atoms with E-state index in [0.29, 0.717) is 5.92 Å². The van der Waals surface area contributed by atoms with Gasteiger partial charge in [-0.25, -0.2) is 9.97 Å². The average Bonchev–Trinajstić information content (AvgIpc) is 3.45. The number of nitrogens with zero attached hydrogens (tertiary/aromatic N) is 4. The lowest BCUT2D eigenvalue weighted by Gasteiger charge is -2.32. The lowest BCUT2D eigenvalue weighted by Crippen LogP contribution is -2.35. The Labute approximate surface area is 178 Å². The van der Waals surface area contributed by atoms with Gasteiger partial charge in [-0.15, -0.1) is 22.7 Å². The van der Waals surface area contributed by atoms with Crippen molar-refractivity contribution in [2.24, 2.45) is 4.99 Å². The number of anilines is 2. The standard InChI is InChI=1S/C21H24N6S2/c1-2-5-16(6-3-1)27-11-7-15(8-12-27)19-24-17(13-28-19)18-14-29-21(25-18)26-20-22-9-4-10-23-20/h1-3,5-6,13-15H,4,7-12H2,(H2,22,23,25,26). The molecule has 8 heteroatoms. The number of thiazole rings is 2. The molecule has 0 bridgehead atoms. The van der Waals surface area contributed by atoms with Crippen molar-refractivity contribution < 1.29 is 0 Å². The largest absolute Gasteiger partial charge is 0.371 e. The number of rotatable bonds is 4. The molecule has 29 heavy (non-hydrogen) atoms. The molecule has 0 unspecified atom stereocenters. The monoisotopic (exact) mass is 424 g/mol. The van der Waals surface area contributed by atoms with Crippen molar-refractivity contribution in [3.63, 3.8) is 0 Å². The van der Waals surface area contributed by atoms with Gasteiger partial charge in [0.1, 0.15) is 11.4 Å². The molecule has 0 aliphatic carbocycles. The maximum atomic E-state index is 4.93. The zero-order valence-corrected chi connectivity index (χ0v) is 17.8. The van der Waals surface area contributed by atoms with E-state index < -0.39 is 0 Å². The third-order valence-electron chi connectivity index (χ3n) is 5.38. The molecule has 0 amide bonds. The highest BCUT2D eigenvalue weighted by Crippen LogP contribution is 2.34. The molecule has 5 rings (SSSR count). The van der Waals surface area contributed by atoms with Crippen molar-refractivity contribution in [1.82, 2.24) is 15.3 Å². The summed E-state index contributed by atoms with van der Waals surface area (Å²) < 4.78 is 0. The SMILES string of the molecule is c1ccc(N2CCC(c3nc(-c4csc(NC5=NCCCN5)n4)cs3)CC2)cc1. The highest BCUT2D eigenvalue weighted by atomic mass is 32.1. The highest BCUT2D eigenvalue weighted by molar-refractivity contribution is 7.14. The Morgan fingerprint density at radius 1 is 1.00 bits per heavy atom. The molecule has 1 fully saturated rings. The Morgan fingerprint density at radius 2 is 1.79 bits per heavy atom. The van der Waals surface area contributed by atoms with Crippen molar-refractivity contribution in [3.8, 4) is 11.4 Å². The van der Waals surface area contributed by atoms with Crippen LogP contribution in [0.5, 0.6) is 0 Å². The Kier molecular flexibility index (Phi) is 5.45. The van der Waals surface area contributed by atoms with Crippen LogP contribution in [0.2, 0.25) is 0 Å². The van der Waals surface area contributed by atoms with Gasteiger partial charge >= 0.3 is 0 Å². The Morgan fingerprint density at radius 3 is 2.59 bits per heavy atom. The molecular weight excluding hydrogens is 400 g/mol. The molecule has 150 valence electrons. The first kappa shape index (κ1) is 18.6. The summed E-state index contributed by atoms with van der Waals surface area (Å²) in [4.78, 5) is 16.6. The molecule has 2 aliphatic rings. The van der Waals surface area contributed by atoms with Gasteiger partial charge in [0.25, 0.3) is 0 Å². The highest BCUT2D eigenvalue weighted by Gasteiger charge is 2.23. The lowest BCUT2D eigenvalue weighted by molar-refractivity contribution is 0.504. The minimum Gasteiger partial charge on any atom is -0.371 e. The molecule has 0 spiro atoms. The Bertz CT molecular complexity index is 972. The van der Waals surface area contributed by atoms with Crippen LogP contribution in [0.1, 0.15) is 30.2 Å². The molecule has 3 aromatic rings. The van der Waals surface area contributed by atoms with E-state index in [1.807, 2.05) is 0 Å². The van der Waals surface area contributed by atoms with Gasteiger partial charge in [-0.05, 0) is 31.4 Å². The number of hydrogen-bond acceptors (Lipinski definition) is 8. The van der Waals surface area contributed by atoms with E-state index in [2.05, 4.69) is 61.6 Å². The first-order valence-electron chi connectivity index (χ1n) is 10.1. The first-order valence-corrected chi connectivity index (χ1v) is 11.9. The summed E-state index contributed by atoms with van der Waals surface area (Å²) in [5.74, 6) is 1.37. The maximum Gasteiger partial charge on any atom is 0.197 e. The van der Waals surface area contributed by atoms with Gasteiger partial charge in [0.2, 0.25) is 0 Å². The first-order chi connectivity index (χ1) is 14.3. The molecule has 2 aliphatic heterocycles. The number of aromatic nitrogens is 2. The van der Waals surface area contributed by atoms with Crippen LogP contribution < -0.4 is 15.5 Å². The summed E-state index contributed by atoms with van der Waals surface area (Å²) >= 11 is 3.37. The van der Waals surface area contributed by atoms with Gasteiger partial charge in [0.05, 0.1) is 5.01 Å². The molecule has 4 heterocycles. The predicted molar refractivity (Wildman–Crippen MR) is 122 cm³/mol. The van der Waals surface area contributed by atoms with E-state index in [4.69, 9.17) is 9.97 Å². The number of hydrogen-bond donors (Lipinski definition) is 2. The quantitative estimate of drug-likeness (QED) is 0.649. The third-order valence-corrected chi connectivity index (χ3v) is 7.14. The smallest absolute Gasteiger partial charge is 0.197 e. The van der Waals surface area contributed by atoms with E-state index in [9.17, 15) is 0 Å². The van der Waals surface area contributed by atoms with Crippen LogP contribution in [0.4, 0.5) is 10.8 Å². The van der Waals surface area contributed by atoms with E-state index in [1.54, 1.807) is 22.7 Å². The summed E-state index contributed by atoms with van der Waals surface area (Å²) in [5, 5.41) is 12.9. The van der Waals surface area contributed by atoms with Crippen molar-refractivity contribution in [2.45, 2.75) is 25.2 Å². The van der Waals surface area contributed by atoms with Crippen LogP contribution in [0.15, 0.2) is 46.1 Å². The molecule has 2 aromatic heterocycles. The van der Waals surface area contributed by atoms with Crippen LogP contribution in [0, 0.1) is 0 Å². The molecule has 2 N–H and O–H groups in total. The van der Waals surface area contributed by atoms with Gasteiger partial charge in [-0.1, -0.05) is 18.2 Å². The van der Waals surface area contributed by atoms with Crippen molar-refractivity contribution in [3.05, 3.63) is 46.1 Å². The molecule has 0 radical (unpaired) electrons. The number of aliphatic imine (C=N–C) groups is 1. The molecule has 1 aromatic carbocycles. The minimum absolute atomic E-state index is 0.547. The van der Waals surface area contributed by atoms with Crippen molar-refractivity contribution in [2.75, 3.05) is 36.4 Å². The maximum absolute atomic E-state index is 4.93. The topological polar surface area (TPSA) is 65.4 Å². The fourth-order valence-corrected chi connectivity index (χ4v) is 5.47. The van der Waals surface area contributed by atoms with Gasteiger partial charge in [0.15, 0.2) is 11.1 Å². The zero-order valence-electron chi connectivity index (χ0n) is 16.2. The number of guanidine groups is 1. The van der Waals surface area contributed by atoms with Crippen molar-refractivity contribution >= 4 is 39.5 Å². The van der Waals surface area contributed by atoms with Crippen LogP contribution in [-0.4, -0.2) is 42.1 Å². The lowest BCUT2D eigenvalue weighted by atomic mass is 9.97. The summed E-state index contributed by atoms with van der Waals surface area (Å²) in [6.07, 6.45) is 3.38. The minimum atomic E-state index is 0.547. The number of para-hydroxylation sites is 1. The second-order valence-corrected chi connectivity index (χ2v) is 9.09. The zero-order chi connectivity index (χ0) is 19.5. The van der Waals surface area contributed by atoms with E-state index in [0.717, 1.165) is 67.9 Å². The summed E-state index contributed by atoms with van der Waals surface area (Å²) in [5.41, 5.74) is 3.25. The van der Waals surface area contributed by atoms with Crippen molar-refractivity contribution in [1.29, 1.82) is 0 Å². The summed E-state index contributed by atoms with van der Waals surface area (Å²) in [6, 6.07) is 10.7. The Hall–Kier alpha value is -2.45. The van der Waals surface area contributed by atoms with Gasteiger partial charge in [-0.3, -0.25) is 4.99 Å². The summed E-state index contributed by atoms with van der Waals surface area (Å²) in [6.45, 7) is 4.00. The van der Waals surface area contributed by atoms with Gasteiger partial charge in [-0.2, -0.15) is 0 Å². The second kappa shape index (κ2) is 8.51. The number of piperidine rings is 1. The van der Waals surface area contributed by atoms with Gasteiger partial charge < -0.3 is 15.5 Å². The number of benzene rings is 1. The van der Waals surface area contributed by atoms with Crippen LogP contribution in [0.3, 0.4) is 0 Å². The van der Waals surface area contributed by atoms with E-state index in [1.165, 1.54) is 10.7 Å². The second-order valence-electron chi connectivity index (χ2n) is 7.34.